The summed E-state index contributed by atoms with van der Waals surface area (Å²) in [4.78, 5) is 13.0. The van der Waals surface area contributed by atoms with Crippen LogP contribution in [-0.2, 0) is 0 Å². The summed E-state index contributed by atoms with van der Waals surface area (Å²) in [5.74, 6) is 0.392. The molecule has 0 saturated carbocycles. The van der Waals surface area contributed by atoms with Gasteiger partial charge in [0.05, 0.1) is 6.04 Å². The third-order valence-electron chi connectivity index (χ3n) is 3.94. The van der Waals surface area contributed by atoms with Crippen molar-refractivity contribution in [3.63, 3.8) is 0 Å². The number of nitrogens with one attached hydrogen (secondary N) is 1. The molecule has 0 amide bonds. The fourth-order valence-corrected chi connectivity index (χ4v) is 2.77. The quantitative estimate of drug-likeness (QED) is 0.604. The van der Waals surface area contributed by atoms with Crippen molar-refractivity contribution in [1.29, 1.82) is 0 Å². The predicted molar refractivity (Wildman–Crippen MR) is 95.6 cm³/mol. The molecule has 2 aromatic carbocycles. The second-order valence-electron chi connectivity index (χ2n) is 5.64. The Bertz CT molecular complexity index is 1000. The molecule has 1 unspecified atom stereocenters. The van der Waals surface area contributed by atoms with Gasteiger partial charge in [-0.2, -0.15) is 0 Å². The van der Waals surface area contributed by atoms with E-state index in [1.165, 1.54) is 12.1 Å². The van der Waals surface area contributed by atoms with Crippen LogP contribution < -0.4 is 5.32 Å². The van der Waals surface area contributed by atoms with Gasteiger partial charge in [0.25, 0.3) is 0 Å². The van der Waals surface area contributed by atoms with Crippen LogP contribution in [0.3, 0.4) is 0 Å². The zero-order chi connectivity index (χ0) is 17.1. The van der Waals surface area contributed by atoms with Crippen LogP contribution >= 0.6 is 0 Å². The van der Waals surface area contributed by atoms with Crippen molar-refractivity contribution in [2.24, 2.45) is 0 Å². The van der Waals surface area contributed by atoms with E-state index < -0.39 is 0 Å². The second kappa shape index (κ2) is 6.65. The summed E-state index contributed by atoms with van der Waals surface area (Å²) < 4.78 is 13.7. The Morgan fingerprint density at radius 2 is 1.60 bits per heavy atom. The minimum atomic E-state index is -0.266. The number of benzene rings is 2. The van der Waals surface area contributed by atoms with E-state index >= 15 is 0 Å². The molecule has 0 bridgehead atoms. The van der Waals surface area contributed by atoms with Crippen molar-refractivity contribution < 1.29 is 4.39 Å². The molecule has 0 saturated heterocycles. The summed E-state index contributed by atoms with van der Waals surface area (Å²) in [6, 6.07) is 20.0. The van der Waals surface area contributed by atoms with E-state index in [9.17, 15) is 4.39 Å². The van der Waals surface area contributed by atoms with Gasteiger partial charge in [0, 0.05) is 12.4 Å². The molecule has 0 aliphatic heterocycles. The van der Waals surface area contributed by atoms with Gasteiger partial charge >= 0.3 is 0 Å². The molecule has 0 spiro atoms. The van der Waals surface area contributed by atoms with Crippen LogP contribution in [-0.4, -0.2) is 15.0 Å². The zero-order valence-corrected chi connectivity index (χ0v) is 13.3. The van der Waals surface area contributed by atoms with E-state index in [-0.39, 0.29) is 11.9 Å². The van der Waals surface area contributed by atoms with E-state index in [1.54, 1.807) is 18.5 Å². The molecular weight excluding hydrogens is 315 g/mol. The van der Waals surface area contributed by atoms with Gasteiger partial charge in [0.2, 0.25) is 0 Å². The van der Waals surface area contributed by atoms with Crippen molar-refractivity contribution in [1.82, 2.24) is 15.0 Å². The molecule has 1 atom stereocenters. The Balaban J connectivity index is 1.75. The Kier molecular flexibility index (Phi) is 4.04. The Labute approximate surface area is 144 Å². The molecule has 5 heteroatoms. The highest BCUT2D eigenvalue weighted by Gasteiger charge is 2.15. The first-order valence-corrected chi connectivity index (χ1v) is 7.94. The summed E-state index contributed by atoms with van der Waals surface area (Å²) in [5, 5.41) is 3.39. The lowest BCUT2D eigenvalue weighted by Crippen LogP contribution is -2.13. The van der Waals surface area contributed by atoms with Crippen molar-refractivity contribution in [3.8, 4) is 0 Å². The number of halogens is 1. The van der Waals surface area contributed by atoms with Gasteiger partial charge in [-0.3, -0.25) is 4.98 Å². The smallest absolute Gasteiger partial charge is 0.180 e. The van der Waals surface area contributed by atoms with E-state index in [0.717, 1.165) is 16.6 Å². The van der Waals surface area contributed by atoms with E-state index in [1.807, 2.05) is 48.5 Å². The number of hydrogen-bond donors (Lipinski definition) is 1. The van der Waals surface area contributed by atoms with Crippen LogP contribution in [0.25, 0.3) is 11.2 Å². The Morgan fingerprint density at radius 1 is 0.800 bits per heavy atom. The number of nitrogens with zero attached hydrogens (tertiary/aromatic N) is 3. The lowest BCUT2D eigenvalue weighted by molar-refractivity contribution is 0.624. The average Bonchev–Trinajstić information content (AvgIpc) is 2.66. The van der Waals surface area contributed by atoms with Crippen molar-refractivity contribution in [3.05, 3.63) is 96.1 Å². The number of hydrogen-bond acceptors (Lipinski definition) is 4. The predicted octanol–water partition coefficient (Wildman–Crippen LogP) is 4.37. The molecule has 25 heavy (non-hydrogen) atoms. The summed E-state index contributed by atoms with van der Waals surface area (Å²) in [6.45, 7) is 0. The van der Waals surface area contributed by atoms with Gasteiger partial charge in [0.15, 0.2) is 5.65 Å². The van der Waals surface area contributed by atoms with Gasteiger partial charge in [-0.05, 0) is 35.4 Å². The fourth-order valence-electron chi connectivity index (χ4n) is 2.77. The maximum atomic E-state index is 13.7. The number of pyridine rings is 1. The first-order valence-electron chi connectivity index (χ1n) is 7.94. The average molecular weight is 330 g/mol. The molecule has 2 heterocycles. The van der Waals surface area contributed by atoms with Crippen molar-refractivity contribution in [2.75, 3.05) is 5.32 Å². The maximum absolute atomic E-state index is 13.7. The molecular formula is C20H15FN4. The normalized spacial score (nSPS) is 12.0. The SMILES string of the molecule is Fc1cccc(C(Nc2ccc3nccnc3n2)c2ccccc2)c1. The zero-order valence-electron chi connectivity index (χ0n) is 13.3. The lowest BCUT2D eigenvalue weighted by Gasteiger charge is -2.20. The minimum Gasteiger partial charge on any atom is -0.359 e. The van der Waals surface area contributed by atoms with Gasteiger partial charge < -0.3 is 5.32 Å². The fraction of sp³-hybridized carbons (Fsp3) is 0.0500. The highest BCUT2D eigenvalue weighted by molar-refractivity contribution is 5.71. The highest BCUT2D eigenvalue weighted by atomic mass is 19.1. The maximum Gasteiger partial charge on any atom is 0.180 e. The molecule has 1 N–H and O–H groups in total. The first kappa shape index (κ1) is 15.2. The van der Waals surface area contributed by atoms with Crippen molar-refractivity contribution in [2.45, 2.75) is 6.04 Å². The molecule has 0 aliphatic carbocycles. The number of fused-ring (bicyclic) bond motifs is 1. The van der Waals surface area contributed by atoms with Gasteiger partial charge in [0.1, 0.15) is 17.2 Å². The van der Waals surface area contributed by atoms with Crippen LogP contribution in [0.15, 0.2) is 79.1 Å². The molecule has 122 valence electrons. The van der Waals surface area contributed by atoms with Gasteiger partial charge in [-0.1, -0.05) is 42.5 Å². The molecule has 4 aromatic rings. The van der Waals surface area contributed by atoms with Crippen LogP contribution in [0.2, 0.25) is 0 Å². The van der Waals surface area contributed by atoms with Crippen molar-refractivity contribution >= 4 is 17.0 Å². The summed E-state index contributed by atoms with van der Waals surface area (Å²) in [6.07, 6.45) is 3.25. The summed E-state index contributed by atoms with van der Waals surface area (Å²) in [7, 11) is 0. The topological polar surface area (TPSA) is 50.7 Å². The lowest BCUT2D eigenvalue weighted by atomic mass is 9.98. The standard InChI is InChI=1S/C20H15FN4/c21-16-8-4-7-15(13-16)19(14-5-2-1-3-6-14)24-18-10-9-17-20(25-18)23-12-11-22-17/h1-13,19H,(H,23,24,25). The van der Waals surface area contributed by atoms with E-state index in [4.69, 9.17) is 0 Å². The van der Waals surface area contributed by atoms with Crippen LogP contribution in [0.1, 0.15) is 17.2 Å². The number of anilines is 1. The summed E-state index contributed by atoms with van der Waals surface area (Å²) in [5.41, 5.74) is 3.15. The van der Waals surface area contributed by atoms with E-state index in [2.05, 4.69) is 20.3 Å². The highest BCUT2D eigenvalue weighted by Crippen LogP contribution is 2.27. The molecule has 2 aromatic heterocycles. The van der Waals surface area contributed by atoms with Crippen LogP contribution in [0.4, 0.5) is 10.2 Å². The summed E-state index contributed by atoms with van der Waals surface area (Å²) >= 11 is 0. The molecule has 0 fully saturated rings. The minimum absolute atomic E-state index is 0.224. The Morgan fingerprint density at radius 3 is 2.44 bits per heavy atom. The van der Waals surface area contributed by atoms with Crippen LogP contribution in [0, 0.1) is 5.82 Å². The number of rotatable bonds is 4. The van der Waals surface area contributed by atoms with Crippen LogP contribution in [0.5, 0.6) is 0 Å². The van der Waals surface area contributed by atoms with Gasteiger partial charge in [-0.15, -0.1) is 0 Å². The monoisotopic (exact) mass is 330 g/mol. The van der Waals surface area contributed by atoms with E-state index in [0.29, 0.717) is 11.5 Å². The Hall–Kier alpha value is -3.34. The molecule has 0 radical (unpaired) electrons. The third-order valence-corrected chi connectivity index (χ3v) is 3.94. The number of aromatic nitrogens is 3. The first-order chi connectivity index (χ1) is 12.3. The second-order valence-corrected chi connectivity index (χ2v) is 5.64. The molecule has 0 aliphatic rings. The van der Waals surface area contributed by atoms with Gasteiger partial charge in [-0.25, -0.2) is 14.4 Å². The largest absolute Gasteiger partial charge is 0.359 e. The molecule has 4 nitrogen and oxygen atoms in total. The molecule has 4 rings (SSSR count). The third kappa shape index (κ3) is 3.30.